The summed E-state index contributed by atoms with van der Waals surface area (Å²) in [4.78, 5) is 24.6. The van der Waals surface area contributed by atoms with E-state index < -0.39 is 17.3 Å². The van der Waals surface area contributed by atoms with Crippen molar-refractivity contribution in [3.05, 3.63) is 22.1 Å². The first-order chi connectivity index (χ1) is 12.3. The SMILES string of the molecule is COC(=O)C1CC(OC[C@@H]2CCCN2c2cn[nH]c(=O)c2C(F)(F)F)C1. The Kier molecular flexibility index (Phi) is 5.22. The van der Waals surface area contributed by atoms with Crippen LogP contribution in [-0.2, 0) is 20.4 Å². The van der Waals surface area contributed by atoms with Crippen molar-refractivity contribution in [1.29, 1.82) is 0 Å². The fourth-order valence-corrected chi connectivity index (χ4v) is 3.51. The highest BCUT2D eigenvalue weighted by molar-refractivity contribution is 5.73. The van der Waals surface area contributed by atoms with E-state index in [1.807, 2.05) is 5.10 Å². The molecule has 0 amide bonds. The molecule has 7 nitrogen and oxygen atoms in total. The number of hydrogen-bond acceptors (Lipinski definition) is 6. The minimum Gasteiger partial charge on any atom is -0.469 e. The van der Waals surface area contributed by atoms with Crippen LogP contribution in [0.5, 0.6) is 0 Å². The lowest BCUT2D eigenvalue weighted by Gasteiger charge is -2.35. The summed E-state index contributed by atoms with van der Waals surface area (Å²) < 4.78 is 50.2. The Morgan fingerprint density at radius 3 is 2.81 bits per heavy atom. The standard InChI is InChI=1S/C16H20F3N3O4/c1-25-15(24)9-5-11(6-9)26-8-10-3-2-4-22(10)12-7-20-21-14(23)13(12)16(17,18)19/h7,9-11H,2-6,8H2,1H3,(H,21,23)/t9?,10-,11?/m0/s1. The first-order valence-corrected chi connectivity index (χ1v) is 8.42. The number of hydrogen-bond donors (Lipinski definition) is 1. The summed E-state index contributed by atoms with van der Waals surface area (Å²) in [6, 6.07) is -0.267. The molecule has 1 N–H and O–H groups in total. The number of halogens is 3. The Morgan fingerprint density at radius 2 is 2.15 bits per heavy atom. The monoisotopic (exact) mass is 375 g/mol. The normalized spacial score (nSPS) is 25.8. The largest absolute Gasteiger partial charge is 0.469 e. The van der Waals surface area contributed by atoms with Gasteiger partial charge in [0.1, 0.15) is 5.56 Å². The second-order valence-electron chi connectivity index (χ2n) is 6.59. The Bertz CT molecular complexity index is 715. The van der Waals surface area contributed by atoms with Gasteiger partial charge in [-0.25, -0.2) is 5.10 Å². The van der Waals surface area contributed by atoms with Crippen LogP contribution in [0, 0.1) is 5.92 Å². The molecule has 2 aliphatic rings. The van der Waals surface area contributed by atoms with Gasteiger partial charge in [-0.1, -0.05) is 0 Å². The van der Waals surface area contributed by atoms with Crippen LogP contribution in [0.1, 0.15) is 31.2 Å². The molecule has 144 valence electrons. The zero-order chi connectivity index (χ0) is 18.9. The molecule has 0 radical (unpaired) electrons. The fraction of sp³-hybridized carbons (Fsp3) is 0.688. The number of aromatic amines is 1. The highest BCUT2D eigenvalue weighted by Gasteiger charge is 2.41. The quantitative estimate of drug-likeness (QED) is 0.789. The third kappa shape index (κ3) is 3.69. The average Bonchev–Trinajstić information content (AvgIpc) is 3.00. The summed E-state index contributed by atoms with van der Waals surface area (Å²) in [6.45, 7) is 0.639. The van der Waals surface area contributed by atoms with E-state index in [0.29, 0.717) is 32.2 Å². The fourth-order valence-electron chi connectivity index (χ4n) is 3.51. The van der Waals surface area contributed by atoms with Crippen molar-refractivity contribution in [1.82, 2.24) is 10.2 Å². The molecule has 0 aromatic carbocycles. The number of aromatic nitrogens is 2. The van der Waals surface area contributed by atoms with E-state index in [1.165, 1.54) is 7.11 Å². The number of alkyl halides is 3. The van der Waals surface area contributed by atoms with Gasteiger partial charge >= 0.3 is 12.1 Å². The van der Waals surface area contributed by atoms with Gasteiger partial charge in [0, 0.05) is 6.54 Å². The number of ether oxygens (including phenoxy) is 2. The first-order valence-electron chi connectivity index (χ1n) is 8.42. The molecule has 1 saturated heterocycles. The van der Waals surface area contributed by atoms with Crippen LogP contribution >= 0.6 is 0 Å². The molecular formula is C16H20F3N3O4. The topological polar surface area (TPSA) is 84.5 Å². The minimum atomic E-state index is -4.76. The molecule has 1 aromatic heterocycles. The van der Waals surface area contributed by atoms with Crippen LogP contribution in [0.4, 0.5) is 18.9 Å². The maximum absolute atomic E-state index is 13.3. The number of carbonyl (C=O) groups is 1. The van der Waals surface area contributed by atoms with Crippen LogP contribution in [-0.4, -0.2) is 48.6 Å². The lowest BCUT2D eigenvalue weighted by molar-refractivity contribution is -0.155. The summed E-state index contributed by atoms with van der Waals surface area (Å²) in [5.74, 6) is -0.435. The summed E-state index contributed by atoms with van der Waals surface area (Å²) in [5.41, 5.74) is -2.69. The van der Waals surface area contributed by atoms with Crippen LogP contribution in [0.3, 0.4) is 0 Å². The van der Waals surface area contributed by atoms with E-state index in [0.717, 1.165) is 6.20 Å². The number of anilines is 1. The number of nitrogens with zero attached hydrogens (tertiary/aromatic N) is 2. The minimum absolute atomic E-state index is 0.0964. The van der Waals surface area contributed by atoms with Gasteiger partial charge in [0.2, 0.25) is 0 Å². The van der Waals surface area contributed by atoms with E-state index in [9.17, 15) is 22.8 Å². The van der Waals surface area contributed by atoms with Crippen molar-refractivity contribution in [3.8, 4) is 0 Å². The van der Waals surface area contributed by atoms with Crippen molar-refractivity contribution >= 4 is 11.7 Å². The van der Waals surface area contributed by atoms with Crippen LogP contribution in [0.15, 0.2) is 11.0 Å². The molecule has 0 bridgehead atoms. The molecule has 2 fully saturated rings. The first kappa shape index (κ1) is 18.7. The number of esters is 1. The lowest BCUT2D eigenvalue weighted by atomic mass is 9.82. The van der Waals surface area contributed by atoms with E-state index in [4.69, 9.17) is 4.74 Å². The van der Waals surface area contributed by atoms with Crippen molar-refractivity contribution in [2.24, 2.45) is 5.92 Å². The van der Waals surface area contributed by atoms with Gasteiger partial charge in [0.15, 0.2) is 0 Å². The van der Waals surface area contributed by atoms with Crippen molar-refractivity contribution in [2.75, 3.05) is 25.2 Å². The molecule has 1 saturated carbocycles. The zero-order valence-electron chi connectivity index (χ0n) is 14.2. The average molecular weight is 375 g/mol. The van der Waals surface area contributed by atoms with E-state index in [-0.39, 0.29) is 36.3 Å². The molecule has 1 atom stereocenters. The summed E-state index contributed by atoms with van der Waals surface area (Å²) >= 11 is 0. The highest BCUT2D eigenvalue weighted by Crippen LogP contribution is 2.37. The smallest absolute Gasteiger partial charge is 0.423 e. The van der Waals surface area contributed by atoms with Gasteiger partial charge in [0.25, 0.3) is 5.56 Å². The van der Waals surface area contributed by atoms with Gasteiger partial charge in [-0.3, -0.25) is 9.59 Å². The van der Waals surface area contributed by atoms with E-state index in [1.54, 1.807) is 4.90 Å². The Hall–Kier alpha value is -2.10. The highest BCUT2D eigenvalue weighted by atomic mass is 19.4. The van der Waals surface area contributed by atoms with Gasteiger partial charge in [-0.05, 0) is 25.7 Å². The van der Waals surface area contributed by atoms with Gasteiger partial charge in [-0.2, -0.15) is 18.3 Å². The van der Waals surface area contributed by atoms with E-state index >= 15 is 0 Å². The molecular weight excluding hydrogens is 355 g/mol. The van der Waals surface area contributed by atoms with Gasteiger partial charge < -0.3 is 14.4 Å². The van der Waals surface area contributed by atoms with Crippen molar-refractivity contribution in [2.45, 2.75) is 44.0 Å². The van der Waals surface area contributed by atoms with Crippen molar-refractivity contribution in [3.63, 3.8) is 0 Å². The number of rotatable bonds is 5. The van der Waals surface area contributed by atoms with Gasteiger partial charge in [-0.15, -0.1) is 0 Å². The van der Waals surface area contributed by atoms with E-state index in [2.05, 4.69) is 9.84 Å². The lowest BCUT2D eigenvalue weighted by Crippen LogP contribution is -2.41. The Morgan fingerprint density at radius 1 is 1.42 bits per heavy atom. The zero-order valence-corrected chi connectivity index (χ0v) is 14.2. The number of methoxy groups -OCH3 is 1. The van der Waals surface area contributed by atoms with Crippen LogP contribution < -0.4 is 10.5 Å². The second kappa shape index (κ2) is 7.26. The van der Waals surface area contributed by atoms with Crippen LogP contribution in [0.2, 0.25) is 0 Å². The maximum atomic E-state index is 13.3. The van der Waals surface area contributed by atoms with Gasteiger partial charge in [0.05, 0.1) is 43.7 Å². The molecule has 26 heavy (non-hydrogen) atoms. The molecule has 2 heterocycles. The summed E-state index contributed by atoms with van der Waals surface area (Å²) in [6.07, 6.45) is -1.34. The molecule has 1 aliphatic heterocycles. The molecule has 0 spiro atoms. The summed E-state index contributed by atoms with van der Waals surface area (Å²) in [5, 5.41) is 5.37. The third-order valence-corrected chi connectivity index (χ3v) is 4.96. The maximum Gasteiger partial charge on any atom is 0.423 e. The Labute approximate surface area is 147 Å². The predicted octanol–water partition coefficient (Wildman–Crippen LogP) is 1.73. The third-order valence-electron chi connectivity index (χ3n) is 4.96. The molecule has 0 unspecified atom stereocenters. The second-order valence-corrected chi connectivity index (χ2v) is 6.59. The number of carbonyl (C=O) groups excluding carboxylic acids is 1. The summed E-state index contributed by atoms with van der Waals surface area (Å²) in [7, 11) is 1.33. The number of nitrogens with one attached hydrogen (secondary N) is 1. The van der Waals surface area contributed by atoms with Crippen molar-refractivity contribution < 1.29 is 27.4 Å². The number of H-pyrrole nitrogens is 1. The molecule has 10 heteroatoms. The Balaban J connectivity index is 1.66. The molecule has 3 rings (SSSR count). The molecule has 1 aromatic rings. The molecule has 1 aliphatic carbocycles. The van der Waals surface area contributed by atoms with Crippen LogP contribution in [0.25, 0.3) is 0 Å². The predicted molar refractivity (Wildman–Crippen MR) is 84.7 cm³/mol.